The van der Waals surface area contributed by atoms with Crippen LogP contribution >= 0.6 is 0 Å². The summed E-state index contributed by atoms with van der Waals surface area (Å²) in [4.78, 5) is 18.3. The van der Waals surface area contributed by atoms with Crippen LogP contribution in [0.25, 0.3) is 10.9 Å². The van der Waals surface area contributed by atoms with Crippen molar-refractivity contribution in [2.24, 2.45) is 11.8 Å². The van der Waals surface area contributed by atoms with Gasteiger partial charge in [-0.05, 0) is 53.8 Å². The number of rotatable bonds is 5. The third-order valence-electron chi connectivity index (χ3n) is 6.62. The molecule has 0 spiro atoms. The van der Waals surface area contributed by atoms with Crippen LogP contribution in [0.4, 0.5) is 0 Å². The molecular formula is C23H27N3O3. The zero-order chi connectivity index (χ0) is 19.8. The van der Waals surface area contributed by atoms with E-state index in [1.807, 2.05) is 6.20 Å². The number of H-pyrrole nitrogens is 1. The van der Waals surface area contributed by atoms with Crippen molar-refractivity contribution >= 4 is 16.8 Å². The van der Waals surface area contributed by atoms with Crippen LogP contribution in [-0.2, 0) is 11.3 Å². The smallest absolute Gasteiger partial charge is 0.254 e. The average molecular weight is 393 g/mol. The van der Waals surface area contributed by atoms with Gasteiger partial charge in [0.1, 0.15) is 6.26 Å². The molecule has 2 aromatic heterocycles. The van der Waals surface area contributed by atoms with Crippen LogP contribution in [0.1, 0.15) is 28.8 Å². The van der Waals surface area contributed by atoms with Gasteiger partial charge in [0.15, 0.2) is 0 Å². The molecule has 6 nitrogen and oxygen atoms in total. The summed E-state index contributed by atoms with van der Waals surface area (Å²) in [7, 11) is 1.75. The van der Waals surface area contributed by atoms with E-state index < -0.39 is 0 Å². The van der Waals surface area contributed by atoms with Gasteiger partial charge in [-0.2, -0.15) is 0 Å². The molecule has 1 aliphatic carbocycles. The summed E-state index contributed by atoms with van der Waals surface area (Å²) >= 11 is 0. The zero-order valence-electron chi connectivity index (χ0n) is 16.6. The Morgan fingerprint density at radius 2 is 2.10 bits per heavy atom. The van der Waals surface area contributed by atoms with Crippen LogP contribution < -0.4 is 5.32 Å². The molecule has 1 saturated carbocycles. The number of aromatic nitrogens is 1. The van der Waals surface area contributed by atoms with Crippen molar-refractivity contribution < 1.29 is 13.9 Å². The summed E-state index contributed by atoms with van der Waals surface area (Å²) in [5, 5.41) is 4.42. The molecule has 3 aromatic rings. The number of amides is 1. The lowest BCUT2D eigenvalue weighted by Crippen LogP contribution is -2.50. The summed E-state index contributed by atoms with van der Waals surface area (Å²) in [6.45, 7) is 3.13. The molecule has 0 unspecified atom stereocenters. The Labute approximate surface area is 170 Å². The number of aromatic amines is 1. The van der Waals surface area contributed by atoms with Crippen molar-refractivity contribution in [3.05, 3.63) is 60.2 Å². The van der Waals surface area contributed by atoms with Gasteiger partial charge in [0, 0.05) is 38.5 Å². The van der Waals surface area contributed by atoms with E-state index in [0.29, 0.717) is 17.4 Å². The highest BCUT2D eigenvalue weighted by molar-refractivity contribution is 5.94. The topological polar surface area (TPSA) is 70.5 Å². The first-order valence-corrected chi connectivity index (χ1v) is 10.3. The number of nitrogens with one attached hydrogen (secondary N) is 2. The van der Waals surface area contributed by atoms with Crippen LogP contribution in [0.5, 0.6) is 0 Å². The highest BCUT2D eigenvalue weighted by Crippen LogP contribution is 2.38. The second-order valence-corrected chi connectivity index (χ2v) is 8.45. The number of fused-ring (bicyclic) bond motifs is 2. The fourth-order valence-corrected chi connectivity index (χ4v) is 5.15. The monoisotopic (exact) mass is 393 g/mol. The standard InChI is InChI=1S/C23H27N3O3/c1-28-22-10-19-13-26(11-15-2-3-16-4-6-24-20(16)8-15)12-18(19)9-21(22)25-23(27)17-5-7-29-14-17/h2-8,14,18-19,21-22,24H,9-13H2,1H3,(H,25,27)/t18-,19+,21-,22-/m0/s1. The number of carbonyl (C=O) groups excluding carboxylic acids is 1. The van der Waals surface area contributed by atoms with Gasteiger partial charge in [-0.3, -0.25) is 9.69 Å². The lowest BCUT2D eigenvalue weighted by molar-refractivity contribution is 0.0125. The Morgan fingerprint density at radius 1 is 1.24 bits per heavy atom. The van der Waals surface area contributed by atoms with Crippen molar-refractivity contribution in [3.8, 4) is 0 Å². The maximum Gasteiger partial charge on any atom is 0.254 e. The van der Waals surface area contributed by atoms with Gasteiger partial charge in [-0.15, -0.1) is 0 Å². The van der Waals surface area contributed by atoms with Crippen molar-refractivity contribution in [2.45, 2.75) is 31.5 Å². The molecule has 0 radical (unpaired) electrons. The van der Waals surface area contributed by atoms with E-state index in [1.165, 1.54) is 29.0 Å². The Bertz CT molecular complexity index is 980. The minimum Gasteiger partial charge on any atom is -0.472 e. The van der Waals surface area contributed by atoms with Crippen LogP contribution in [0.2, 0.25) is 0 Å². The van der Waals surface area contributed by atoms with Gasteiger partial charge in [0.25, 0.3) is 5.91 Å². The highest BCUT2D eigenvalue weighted by Gasteiger charge is 2.42. The number of methoxy groups -OCH3 is 1. The maximum absolute atomic E-state index is 12.5. The van der Waals surface area contributed by atoms with Crippen LogP contribution in [-0.4, -0.2) is 48.1 Å². The number of furan rings is 1. The SMILES string of the molecule is CO[C@H]1C[C@@H]2CN(Cc3ccc4cc[nH]c4c3)C[C@@H]2C[C@@H]1NC(=O)c1ccoc1. The van der Waals surface area contributed by atoms with Gasteiger partial charge in [0.2, 0.25) is 0 Å². The quantitative estimate of drug-likeness (QED) is 0.697. The van der Waals surface area contributed by atoms with Crippen molar-refractivity contribution in [2.75, 3.05) is 20.2 Å². The predicted octanol–water partition coefficient (Wildman–Crippen LogP) is 3.42. The number of likely N-dealkylation sites (tertiary alicyclic amines) is 1. The fourth-order valence-electron chi connectivity index (χ4n) is 5.15. The van der Waals surface area contributed by atoms with Crippen molar-refractivity contribution in [3.63, 3.8) is 0 Å². The largest absolute Gasteiger partial charge is 0.472 e. The van der Waals surface area contributed by atoms with E-state index in [4.69, 9.17) is 9.15 Å². The Morgan fingerprint density at radius 3 is 2.90 bits per heavy atom. The first kappa shape index (κ1) is 18.5. The molecule has 1 aromatic carbocycles. The van der Waals surface area contributed by atoms with E-state index in [2.05, 4.69) is 39.5 Å². The Balaban J connectivity index is 1.24. The molecular weight excluding hydrogens is 366 g/mol. The normalized spacial score (nSPS) is 27.2. The Kier molecular flexibility index (Phi) is 4.89. The van der Waals surface area contributed by atoms with E-state index in [9.17, 15) is 4.79 Å². The molecule has 152 valence electrons. The summed E-state index contributed by atoms with van der Waals surface area (Å²) < 4.78 is 10.8. The van der Waals surface area contributed by atoms with Crippen molar-refractivity contribution in [1.29, 1.82) is 0 Å². The molecule has 3 heterocycles. The molecule has 2 fully saturated rings. The lowest BCUT2D eigenvalue weighted by atomic mass is 9.77. The molecule has 1 aliphatic heterocycles. The van der Waals surface area contributed by atoms with Crippen LogP contribution in [0.15, 0.2) is 53.5 Å². The van der Waals surface area contributed by atoms with Gasteiger partial charge >= 0.3 is 0 Å². The van der Waals surface area contributed by atoms with Crippen LogP contribution in [0.3, 0.4) is 0 Å². The minimum atomic E-state index is -0.0849. The van der Waals surface area contributed by atoms with Gasteiger partial charge in [0.05, 0.1) is 24.0 Å². The van der Waals surface area contributed by atoms with E-state index in [1.54, 1.807) is 13.2 Å². The van der Waals surface area contributed by atoms with Gasteiger partial charge in [-0.25, -0.2) is 0 Å². The number of carbonyl (C=O) groups is 1. The summed E-state index contributed by atoms with van der Waals surface area (Å²) in [5.41, 5.74) is 3.10. The second-order valence-electron chi connectivity index (χ2n) is 8.45. The number of hydrogen-bond donors (Lipinski definition) is 2. The van der Waals surface area contributed by atoms with Gasteiger partial charge < -0.3 is 19.5 Å². The number of nitrogens with zero attached hydrogens (tertiary/aromatic N) is 1. The molecule has 1 saturated heterocycles. The molecule has 0 bridgehead atoms. The highest BCUT2D eigenvalue weighted by atomic mass is 16.5. The third-order valence-corrected chi connectivity index (χ3v) is 6.62. The average Bonchev–Trinajstić information content (AvgIpc) is 3.47. The second kappa shape index (κ2) is 7.69. The molecule has 5 rings (SSSR count). The lowest BCUT2D eigenvalue weighted by Gasteiger charge is -2.37. The molecule has 2 aliphatic rings. The van der Waals surface area contributed by atoms with E-state index in [-0.39, 0.29) is 18.1 Å². The Hall–Kier alpha value is -2.57. The molecule has 29 heavy (non-hydrogen) atoms. The summed E-state index contributed by atoms with van der Waals surface area (Å²) in [5.74, 6) is 1.12. The first-order chi connectivity index (χ1) is 14.2. The molecule has 4 atom stereocenters. The van der Waals surface area contributed by atoms with E-state index >= 15 is 0 Å². The predicted molar refractivity (Wildman–Crippen MR) is 111 cm³/mol. The zero-order valence-corrected chi connectivity index (χ0v) is 16.6. The summed E-state index contributed by atoms with van der Waals surface area (Å²) in [6, 6.07) is 10.5. The maximum atomic E-state index is 12.5. The summed E-state index contributed by atoms with van der Waals surface area (Å²) in [6.07, 6.45) is 7.01. The third kappa shape index (κ3) is 3.70. The molecule has 1 amide bonds. The van der Waals surface area contributed by atoms with Crippen LogP contribution in [0, 0.1) is 11.8 Å². The number of ether oxygens (including phenoxy) is 1. The molecule has 2 N–H and O–H groups in total. The minimum absolute atomic E-state index is 0.0406. The fraction of sp³-hybridized carbons (Fsp3) is 0.435. The van der Waals surface area contributed by atoms with Gasteiger partial charge in [-0.1, -0.05) is 12.1 Å². The number of hydrogen-bond acceptors (Lipinski definition) is 4. The molecule has 6 heteroatoms. The number of benzene rings is 1. The van der Waals surface area contributed by atoms with E-state index in [0.717, 1.165) is 32.5 Å². The first-order valence-electron chi connectivity index (χ1n) is 10.3. The van der Waals surface area contributed by atoms with Crippen molar-refractivity contribution in [1.82, 2.24) is 15.2 Å².